The molecule has 0 radical (unpaired) electrons. The average Bonchev–Trinajstić information content (AvgIpc) is 2.51. The number of nitrogens with zero attached hydrogens (tertiary/aromatic N) is 2. The molecule has 112 valence electrons. The number of nitrogens with one attached hydrogen (secondary N) is 1. The van der Waals surface area contributed by atoms with Gasteiger partial charge in [-0.1, -0.05) is 12.1 Å². The molecule has 0 saturated carbocycles. The molecule has 2 N–H and O–H groups in total. The van der Waals surface area contributed by atoms with E-state index < -0.39 is 0 Å². The van der Waals surface area contributed by atoms with Crippen LogP contribution in [0.1, 0.15) is 25.0 Å². The highest BCUT2D eigenvalue weighted by atomic mass is 16.3. The maximum absolute atomic E-state index is 10.1. The summed E-state index contributed by atoms with van der Waals surface area (Å²) in [6, 6.07) is 9.85. The molecule has 1 aromatic heterocycles. The molecule has 0 spiro atoms. The Balaban J connectivity index is 1.95. The number of pyridine rings is 1. The summed E-state index contributed by atoms with van der Waals surface area (Å²) in [5.74, 6) is 0.345. The first-order valence-corrected chi connectivity index (χ1v) is 7.41. The van der Waals surface area contributed by atoms with Gasteiger partial charge in [-0.2, -0.15) is 0 Å². The molecule has 0 amide bonds. The fourth-order valence-corrected chi connectivity index (χ4v) is 2.33. The van der Waals surface area contributed by atoms with E-state index in [0.717, 1.165) is 36.4 Å². The van der Waals surface area contributed by atoms with Crippen LogP contribution in [0.25, 0.3) is 0 Å². The predicted octanol–water partition coefficient (Wildman–Crippen LogP) is 2.92. The van der Waals surface area contributed by atoms with E-state index in [-0.39, 0.29) is 0 Å². The Labute approximate surface area is 126 Å². The monoisotopic (exact) mass is 285 g/mol. The molecular weight excluding hydrogens is 262 g/mol. The number of anilines is 1. The molecule has 2 aromatic rings. The molecule has 0 fully saturated rings. The van der Waals surface area contributed by atoms with Gasteiger partial charge in [-0.3, -0.25) is 4.98 Å². The SMILES string of the molecule is CCN(CC)c1ccc(CNCc2cccnc2)c(O)c1. The van der Waals surface area contributed by atoms with Gasteiger partial charge in [0.25, 0.3) is 0 Å². The molecule has 4 nitrogen and oxygen atoms in total. The van der Waals surface area contributed by atoms with Gasteiger partial charge < -0.3 is 15.3 Å². The molecule has 4 heteroatoms. The number of phenolic OH excluding ortho intramolecular Hbond substituents is 1. The zero-order valence-electron chi connectivity index (χ0n) is 12.7. The quantitative estimate of drug-likeness (QED) is 0.821. The fourth-order valence-electron chi connectivity index (χ4n) is 2.33. The van der Waals surface area contributed by atoms with E-state index in [1.165, 1.54) is 0 Å². The zero-order valence-corrected chi connectivity index (χ0v) is 12.7. The van der Waals surface area contributed by atoms with Crippen LogP contribution in [0.4, 0.5) is 5.69 Å². The third-order valence-electron chi connectivity index (χ3n) is 3.56. The topological polar surface area (TPSA) is 48.4 Å². The normalized spacial score (nSPS) is 10.6. The number of phenols is 1. The van der Waals surface area contributed by atoms with Gasteiger partial charge in [-0.15, -0.1) is 0 Å². The summed E-state index contributed by atoms with van der Waals surface area (Å²) in [6.07, 6.45) is 3.61. The molecule has 1 aromatic carbocycles. The van der Waals surface area contributed by atoms with Gasteiger partial charge in [0.1, 0.15) is 5.75 Å². The molecule has 0 unspecified atom stereocenters. The van der Waals surface area contributed by atoms with Crippen LogP contribution in [0.5, 0.6) is 5.75 Å². The number of benzene rings is 1. The van der Waals surface area contributed by atoms with Crippen molar-refractivity contribution in [1.82, 2.24) is 10.3 Å². The Bertz CT molecular complexity index is 553. The molecule has 0 bridgehead atoms. The first-order valence-electron chi connectivity index (χ1n) is 7.41. The summed E-state index contributed by atoms with van der Waals surface area (Å²) in [5.41, 5.74) is 3.11. The number of rotatable bonds is 7. The minimum Gasteiger partial charge on any atom is -0.508 e. The van der Waals surface area contributed by atoms with Crippen molar-refractivity contribution in [1.29, 1.82) is 0 Å². The average molecular weight is 285 g/mol. The van der Waals surface area contributed by atoms with Gasteiger partial charge in [0.15, 0.2) is 0 Å². The third-order valence-corrected chi connectivity index (χ3v) is 3.56. The molecule has 0 aliphatic heterocycles. The number of aromatic nitrogens is 1. The first kappa shape index (κ1) is 15.3. The lowest BCUT2D eigenvalue weighted by atomic mass is 10.1. The second-order valence-corrected chi connectivity index (χ2v) is 4.95. The van der Waals surface area contributed by atoms with Crippen molar-refractivity contribution in [3.8, 4) is 5.75 Å². The van der Waals surface area contributed by atoms with Crippen molar-refractivity contribution in [2.75, 3.05) is 18.0 Å². The van der Waals surface area contributed by atoms with Crippen LogP contribution in [-0.2, 0) is 13.1 Å². The van der Waals surface area contributed by atoms with Crippen molar-refractivity contribution >= 4 is 5.69 Å². The van der Waals surface area contributed by atoms with Crippen LogP contribution in [0, 0.1) is 0 Å². The van der Waals surface area contributed by atoms with Crippen molar-refractivity contribution in [2.24, 2.45) is 0 Å². The molecular formula is C17H23N3O. The standard InChI is InChI=1S/C17H23N3O/c1-3-20(4-2)16-8-7-15(17(21)10-16)13-19-12-14-6-5-9-18-11-14/h5-11,19,21H,3-4,12-13H2,1-2H3. The van der Waals surface area contributed by atoms with Gasteiger partial charge in [0, 0.05) is 55.9 Å². The van der Waals surface area contributed by atoms with Crippen LogP contribution in [0.3, 0.4) is 0 Å². The smallest absolute Gasteiger partial charge is 0.122 e. The van der Waals surface area contributed by atoms with Crippen molar-refractivity contribution in [2.45, 2.75) is 26.9 Å². The van der Waals surface area contributed by atoms with Gasteiger partial charge >= 0.3 is 0 Å². The van der Waals surface area contributed by atoms with Crippen LogP contribution in [0.15, 0.2) is 42.7 Å². The van der Waals surface area contributed by atoms with E-state index in [1.54, 1.807) is 6.20 Å². The van der Waals surface area contributed by atoms with Crippen LogP contribution in [-0.4, -0.2) is 23.2 Å². The molecule has 0 saturated heterocycles. The first-order chi connectivity index (χ1) is 10.2. The van der Waals surface area contributed by atoms with Crippen molar-refractivity contribution < 1.29 is 5.11 Å². The second kappa shape index (κ2) is 7.64. The fraction of sp³-hybridized carbons (Fsp3) is 0.353. The van der Waals surface area contributed by atoms with E-state index in [1.807, 2.05) is 30.5 Å². The van der Waals surface area contributed by atoms with Crippen LogP contribution < -0.4 is 10.2 Å². The number of hydrogen-bond donors (Lipinski definition) is 2. The second-order valence-electron chi connectivity index (χ2n) is 4.95. The summed E-state index contributed by atoms with van der Waals surface area (Å²) >= 11 is 0. The predicted molar refractivity (Wildman–Crippen MR) is 86.4 cm³/mol. The van der Waals surface area contributed by atoms with Crippen LogP contribution >= 0.6 is 0 Å². The minimum atomic E-state index is 0.345. The van der Waals surface area contributed by atoms with E-state index in [9.17, 15) is 5.11 Å². The summed E-state index contributed by atoms with van der Waals surface area (Å²) in [5, 5.41) is 13.5. The highest BCUT2D eigenvalue weighted by molar-refractivity contribution is 5.53. The lowest BCUT2D eigenvalue weighted by Gasteiger charge is -2.21. The molecule has 1 heterocycles. The summed E-state index contributed by atoms with van der Waals surface area (Å²) in [6.45, 7) is 7.49. The number of aromatic hydroxyl groups is 1. The van der Waals surface area contributed by atoms with E-state index in [0.29, 0.717) is 12.3 Å². The largest absolute Gasteiger partial charge is 0.508 e. The van der Waals surface area contributed by atoms with Crippen molar-refractivity contribution in [3.05, 3.63) is 53.9 Å². The summed E-state index contributed by atoms with van der Waals surface area (Å²) < 4.78 is 0. The van der Waals surface area contributed by atoms with Gasteiger partial charge in [0.2, 0.25) is 0 Å². The maximum atomic E-state index is 10.1. The highest BCUT2D eigenvalue weighted by Crippen LogP contribution is 2.24. The van der Waals surface area contributed by atoms with Gasteiger partial charge in [-0.25, -0.2) is 0 Å². The van der Waals surface area contributed by atoms with E-state index >= 15 is 0 Å². The Hall–Kier alpha value is -2.07. The lowest BCUT2D eigenvalue weighted by Crippen LogP contribution is -2.21. The molecule has 0 atom stereocenters. The summed E-state index contributed by atoms with van der Waals surface area (Å²) in [7, 11) is 0. The Morgan fingerprint density at radius 3 is 2.57 bits per heavy atom. The van der Waals surface area contributed by atoms with E-state index in [2.05, 4.69) is 35.1 Å². The molecule has 21 heavy (non-hydrogen) atoms. The number of hydrogen-bond acceptors (Lipinski definition) is 4. The highest BCUT2D eigenvalue weighted by Gasteiger charge is 2.06. The van der Waals surface area contributed by atoms with Gasteiger partial charge in [-0.05, 0) is 31.5 Å². The Morgan fingerprint density at radius 1 is 1.14 bits per heavy atom. The maximum Gasteiger partial charge on any atom is 0.122 e. The van der Waals surface area contributed by atoms with Gasteiger partial charge in [0.05, 0.1) is 0 Å². The zero-order chi connectivity index (χ0) is 15.1. The molecule has 0 aliphatic carbocycles. The molecule has 2 rings (SSSR count). The van der Waals surface area contributed by atoms with E-state index in [4.69, 9.17) is 0 Å². The summed E-state index contributed by atoms with van der Waals surface area (Å²) in [4.78, 5) is 6.30. The lowest BCUT2D eigenvalue weighted by molar-refractivity contribution is 0.464. The Morgan fingerprint density at radius 2 is 1.95 bits per heavy atom. The Kier molecular flexibility index (Phi) is 5.58. The third kappa shape index (κ3) is 4.20. The van der Waals surface area contributed by atoms with Crippen LogP contribution in [0.2, 0.25) is 0 Å². The van der Waals surface area contributed by atoms with Crippen molar-refractivity contribution in [3.63, 3.8) is 0 Å². The molecule has 0 aliphatic rings. The minimum absolute atomic E-state index is 0.345.